The summed E-state index contributed by atoms with van der Waals surface area (Å²) in [5.74, 6) is 0.223. The topological polar surface area (TPSA) is 135 Å². The van der Waals surface area contributed by atoms with E-state index in [9.17, 15) is 14.7 Å². The number of carbonyl (C=O) groups excluding carboxylic acids is 2. The molecule has 4 N–H and O–H groups in total. The molecule has 0 saturated heterocycles. The van der Waals surface area contributed by atoms with Gasteiger partial charge in [-0.05, 0) is 58.4 Å². The van der Waals surface area contributed by atoms with Gasteiger partial charge >= 0.3 is 12.0 Å². The molecule has 1 aliphatic rings. The fraction of sp³-hybridized carbons (Fsp3) is 0.367. The van der Waals surface area contributed by atoms with E-state index in [1.54, 1.807) is 31.3 Å². The molecule has 0 radical (unpaired) electrons. The zero-order valence-electron chi connectivity index (χ0n) is 24.1. The Labute approximate surface area is 239 Å². The van der Waals surface area contributed by atoms with Gasteiger partial charge in [-0.3, -0.25) is 5.43 Å². The van der Waals surface area contributed by atoms with Crippen molar-refractivity contribution in [2.24, 2.45) is 5.10 Å². The molecule has 0 unspecified atom stereocenters. The largest absolute Gasteiger partial charge is 0.490 e. The van der Waals surface area contributed by atoms with Gasteiger partial charge in [0.05, 0.1) is 31.5 Å². The first-order valence-electron chi connectivity index (χ1n) is 13.5. The minimum Gasteiger partial charge on any atom is -0.490 e. The Bertz CT molecular complexity index is 1490. The van der Waals surface area contributed by atoms with E-state index in [0.29, 0.717) is 29.4 Å². The van der Waals surface area contributed by atoms with Crippen molar-refractivity contribution in [3.8, 4) is 11.5 Å². The molecule has 0 bridgehead atoms. The Kier molecular flexibility index (Phi) is 9.18. The lowest BCUT2D eigenvalue weighted by Crippen LogP contribution is -2.45. The van der Waals surface area contributed by atoms with E-state index in [2.05, 4.69) is 58.6 Å². The number of methoxy groups -OCH3 is 1. The molecule has 0 aliphatic carbocycles. The number of hydrazone groups is 1. The Morgan fingerprint density at radius 3 is 2.63 bits per heavy atom. The Morgan fingerprint density at radius 1 is 1.17 bits per heavy atom. The van der Waals surface area contributed by atoms with Crippen LogP contribution in [0.15, 0.2) is 58.8 Å². The Balaban J connectivity index is 1.47. The fourth-order valence-electron chi connectivity index (χ4n) is 5.06. The standard InChI is InChI=1S/C30H37N5O6/c1-7-40-25-14-20(28-27(29(37)39-6)18(4)32-30(38)33-28)12-13-24(25)41-16-26(36)34-31-15-22-19(5)35(17(2)3)23-11-9-8-10-21(22)23/h8-15,17,26,28,34,36H,7,16H2,1-6H3,(H2,32,33,38)/b31-15+/t26-,28+/m0/s1. The number of hydrogen-bond acceptors (Lipinski definition) is 8. The molecule has 2 aromatic carbocycles. The lowest BCUT2D eigenvalue weighted by molar-refractivity contribution is -0.136. The molecule has 2 atom stereocenters. The highest BCUT2D eigenvalue weighted by atomic mass is 16.5. The summed E-state index contributed by atoms with van der Waals surface area (Å²) in [6.45, 7) is 10.0. The van der Waals surface area contributed by atoms with E-state index < -0.39 is 24.3 Å². The van der Waals surface area contributed by atoms with Crippen LogP contribution in [0.4, 0.5) is 4.79 Å². The van der Waals surface area contributed by atoms with Gasteiger partial charge in [0.1, 0.15) is 6.61 Å². The van der Waals surface area contributed by atoms with Crippen molar-refractivity contribution in [1.29, 1.82) is 0 Å². The van der Waals surface area contributed by atoms with E-state index >= 15 is 0 Å². The lowest BCUT2D eigenvalue weighted by Gasteiger charge is -2.28. The molecule has 1 aliphatic heterocycles. The second kappa shape index (κ2) is 12.8. The van der Waals surface area contributed by atoms with E-state index in [1.807, 2.05) is 19.1 Å². The number of nitrogens with zero attached hydrogens (tertiary/aromatic N) is 2. The summed E-state index contributed by atoms with van der Waals surface area (Å²) in [6.07, 6.45) is 0.612. The Morgan fingerprint density at radius 2 is 1.93 bits per heavy atom. The van der Waals surface area contributed by atoms with Crippen molar-refractivity contribution < 1.29 is 28.9 Å². The minimum atomic E-state index is -1.10. The van der Waals surface area contributed by atoms with Gasteiger partial charge in [-0.25, -0.2) is 9.59 Å². The molecule has 2 amide bonds. The van der Waals surface area contributed by atoms with Crippen LogP contribution < -0.4 is 25.5 Å². The summed E-state index contributed by atoms with van der Waals surface area (Å²) >= 11 is 0. The molecule has 11 heteroatoms. The maximum absolute atomic E-state index is 12.4. The average Bonchev–Trinajstić information content (AvgIpc) is 3.22. The van der Waals surface area contributed by atoms with Crippen LogP contribution in [0.2, 0.25) is 0 Å². The van der Waals surface area contributed by atoms with Crippen molar-refractivity contribution in [3.05, 3.63) is 70.6 Å². The first-order valence-corrected chi connectivity index (χ1v) is 13.5. The quantitative estimate of drug-likeness (QED) is 0.120. The summed E-state index contributed by atoms with van der Waals surface area (Å²) in [5.41, 5.74) is 7.21. The smallest absolute Gasteiger partial charge is 0.337 e. The molecule has 0 spiro atoms. The Hall–Kier alpha value is -4.51. The summed E-state index contributed by atoms with van der Waals surface area (Å²) in [5, 5.41) is 21.2. The number of nitrogens with one attached hydrogen (secondary N) is 3. The van der Waals surface area contributed by atoms with Crippen LogP contribution in [-0.2, 0) is 9.53 Å². The molecule has 41 heavy (non-hydrogen) atoms. The maximum Gasteiger partial charge on any atom is 0.337 e. The van der Waals surface area contributed by atoms with Gasteiger partial charge in [-0.2, -0.15) is 5.10 Å². The first-order chi connectivity index (χ1) is 19.7. The molecular weight excluding hydrogens is 526 g/mol. The second-order valence-corrected chi connectivity index (χ2v) is 9.90. The third-order valence-electron chi connectivity index (χ3n) is 6.81. The number of amides is 2. The van der Waals surface area contributed by atoms with Crippen LogP contribution in [0.25, 0.3) is 10.9 Å². The third kappa shape index (κ3) is 6.30. The van der Waals surface area contributed by atoms with E-state index in [4.69, 9.17) is 14.2 Å². The number of fused-ring (bicyclic) bond motifs is 1. The lowest BCUT2D eigenvalue weighted by atomic mass is 9.95. The summed E-state index contributed by atoms with van der Waals surface area (Å²) in [7, 11) is 1.28. The van der Waals surface area contributed by atoms with Crippen LogP contribution >= 0.6 is 0 Å². The van der Waals surface area contributed by atoms with Crippen LogP contribution in [0.3, 0.4) is 0 Å². The molecule has 3 aromatic rings. The van der Waals surface area contributed by atoms with E-state index in [1.165, 1.54) is 7.11 Å². The van der Waals surface area contributed by atoms with E-state index in [0.717, 1.165) is 22.2 Å². The number of rotatable bonds is 11. The van der Waals surface area contributed by atoms with Crippen molar-refractivity contribution in [2.45, 2.75) is 52.9 Å². The SMILES string of the molecule is CCOc1cc([C@H]2NC(=O)NC(C)=C2C(=O)OC)ccc1OC[C@H](O)N/N=C/c1c(C)n(C(C)C)c2ccccc12. The van der Waals surface area contributed by atoms with Crippen LogP contribution in [0.5, 0.6) is 11.5 Å². The summed E-state index contributed by atoms with van der Waals surface area (Å²) in [4.78, 5) is 24.6. The van der Waals surface area contributed by atoms with Crippen molar-refractivity contribution in [3.63, 3.8) is 0 Å². The number of benzene rings is 2. The molecule has 4 rings (SSSR count). The molecule has 0 fully saturated rings. The summed E-state index contributed by atoms with van der Waals surface area (Å²) < 4.78 is 18.8. The fourth-order valence-corrected chi connectivity index (χ4v) is 5.06. The minimum absolute atomic E-state index is 0.111. The molecule has 218 valence electrons. The van der Waals surface area contributed by atoms with Crippen LogP contribution in [-0.4, -0.2) is 54.4 Å². The number of para-hydroxylation sites is 1. The maximum atomic E-state index is 12.4. The predicted octanol–water partition coefficient (Wildman–Crippen LogP) is 4.05. The summed E-state index contributed by atoms with van der Waals surface area (Å²) in [6, 6.07) is 12.3. The first kappa shape index (κ1) is 29.5. The van der Waals surface area contributed by atoms with Gasteiger partial charge in [0.2, 0.25) is 0 Å². The van der Waals surface area contributed by atoms with Crippen molar-refractivity contribution >= 4 is 29.1 Å². The molecule has 2 heterocycles. The molecular formula is C30H37N5O6. The normalized spacial score (nSPS) is 16.1. The number of ether oxygens (including phenoxy) is 3. The highest BCUT2D eigenvalue weighted by Crippen LogP contribution is 2.35. The van der Waals surface area contributed by atoms with Gasteiger partial charge < -0.3 is 34.5 Å². The van der Waals surface area contributed by atoms with Crippen LogP contribution in [0, 0.1) is 6.92 Å². The predicted molar refractivity (Wildman–Crippen MR) is 156 cm³/mol. The number of carbonyl (C=O) groups is 2. The third-order valence-corrected chi connectivity index (χ3v) is 6.81. The molecule has 1 aromatic heterocycles. The number of allylic oxidation sites excluding steroid dienone is 1. The number of aliphatic hydroxyl groups is 1. The number of aliphatic hydroxyl groups excluding tert-OH is 1. The molecule has 11 nitrogen and oxygen atoms in total. The van der Waals surface area contributed by atoms with Gasteiger partial charge in [0, 0.05) is 33.9 Å². The second-order valence-electron chi connectivity index (χ2n) is 9.90. The highest BCUT2D eigenvalue weighted by Gasteiger charge is 2.32. The molecule has 0 saturated carbocycles. The van der Waals surface area contributed by atoms with Crippen molar-refractivity contribution in [1.82, 2.24) is 20.6 Å². The van der Waals surface area contributed by atoms with Gasteiger partial charge in [-0.1, -0.05) is 24.3 Å². The number of aromatic nitrogens is 1. The number of esters is 1. The van der Waals surface area contributed by atoms with Gasteiger partial charge in [0.25, 0.3) is 0 Å². The number of urea groups is 1. The monoisotopic (exact) mass is 563 g/mol. The van der Waals surface area contributed by atoms with E-state index in [-0.39, 0.29) is 18.2 Å². The van der Waals surface area contributed by atoms with Gasteiger partial charge in [-0.15, -0.1) is 0 Å². The number of hydrogen-bond donors (Lipinski definition) is 4. The average molecular weight is 564 g/mol. The van der Waals surface area contributed by atoms with Crippen LogP contribution in [0.1, 0.15) is 56.6 Å². The van der Waals surface area contributed by atoms with Crippen molar-refractivity contribution in [2.75, 3.05) is 20.3 Å². The highest BCUT2D eigenvalue weighted by molar-refractivity contribution is 6.01. The van der Waals surface area contributed by atoms with Gasteiger partial charge in [0.15, 0.2) is 17.7 Å². The zero-order chi connectivity index (χ0) is 29.7. The zero-order valence-corrected chi connectivity index (χ0v) is 24.1.